The van der Waals surface area contributed by atoms with Crippen molar-refractivity contribution in [1.82, 2.24) is 51.2 Å². The molecule has 1 aromatic carbocycles. The first-order chi connectivity index (χ1) is 44.0. The highest BCUT2D eigenvalue weighted by atomic mass is 32.1. The Labute approximate surface area is 556 Å². The quantitative estimate of drug-likeness (QED) is 0.0385. The Hall–Kier alpha value is -6.41. The summed E-state index contributed by atoms with van der Waals surface area (Å²) >= 11 is 1.26. The SMILES string of the molecule is CC[C@H](C)[C@@H]([C@@H](CC(=O)N1CCC[C@H]1[C@H](OC)[C@@H](C)C(=O)C[C@H](C(=O)NCc1ccc(NC(=O)[C@H](CCCNC(N)=O)CC(=O)[C@@H](NC(=O)CCCN2CCC(C(=O)NC)CC2C)C(C)C)cc1)c1nccs1)OC)N(C)C(=O)[C@@H](NC(=O)[C@H](C(C)C)N(C)C)C(C)C. The van der Waals surface area contributed by atoms with Crippen LogP contribution in [-0.2, 0) is 59.2 Å². The number of methoxy groups -OCH3 is 2. The molecule has 0 radical (unpaired) electrons. The van der Waals surface area contributed by atoms with Crippen molar-refractivity contribution >= 4 is 76.0 Å². The summed E-state index contributed by atoms with van der Waals surface area (Å²) in [6.45, 7) is 21.4. The third kappa shape index (κ3) is 23.5. The lowest BCUT2D eigenvalue weighted by atomic mass is 9.87. The number of piperidine rings is 1. The lowest BCUT2D eigenvalue weighted by Gasteiger charge is -2.41. The summed E-state index contributed by atoms with van der Waals surface area (Å²) in [5, 5.41) is 19.3. The van der Waals surface area contributed by atoms with Gasteiger partial charge in [-0.1, -0.05) is 80.9 Å². The van der Waals surface area contributed by atoms with Crippen LogP contribution in [0.15, 0.2) is 35.8 Å². The molecule has 2 aliphatic rings. The van der Waals surface area contributed by atoms with Gasteiger partial charge in [0.2, 0.25) is 41.4 Å². The summed E-state index contributed by atoms with van der Waals surface area (Å²) in [6, 6.07) is 3.23. The molecule has 2 saturated heterocycles. The maximum absolute atomic E-state index is 14.6. The number of benzene rings is 1. The molecular formula is C68H112N12O12S. The fraction of sp³-hybridized carbons (Fsp3) is 0.721. The van der Waals surface area contributed by atoms with Crippen LogP contribution in [0.1, 0.15) is 163 Å². The second-order valence-electron chi connectivity index (χ2n) is 26.9. The highest BCUT2D eigenvalue weighted by molar-refractivity contribution is 7.09. The van der Waals surface area contributed by atoms with Crippen molar-refractivity contribution in [3.05, 3.63) is 46.4 Å². The summed E-state index contributed by atoms with van der Waals surface area (Å²) in [4.78, 5) is 148. The Balaban J connectivity index is 1.40. The predicted octanol–water partition coefficient (Wildman–Crippen LogP) is 5.88. The summed E-state index contributed by atoms with van der Waals surface area (Å²) < 4.78 is 12.2. The van der Waals surface area contributed by atoms with Crippen LogP contribution in [-0.4, -0.2) is 201 Å². The number of thiazole rings is 1. The van der Waals surface area contributed by atoms with Gasteiger partial charge in [0, 0.05) is 108 Å². The number of anilines is 1. The summed E-state index contributed by atoms with van der Waals surface area (Å²) in [6.07, 6.45) is 4.56. The molecule has 25 heteroatoms. The first kappa shape index (κ1) is 79.0. The van der Waals surface area contributed by atoms with Crippen molar-refractivity contribution in [3.63, 3.8) is 0 Å². The van der Waals surface area contributed by atoms with Crippen molar-refractivity contribution in [2.45, 2.75) is 207 Å². The average Bonchev–Trinajstić information content (AvgIpc) is 1.82. The highest BCUT2D eigenvalue weighted by Crippen LogP contribution is 2.33. The molecule has 2 aliphatic heterocycles. The Morgan fingerprint density at radius 3 is 2.02 bits per heavy atom. The number of carbonyl (C=O) groups excluding carboxylic acids is 10. The third-order valence-corrected chi connectivity index (χ3v) is 19.7. The van der Waals surface area contributed by atoms with Crippen molar-refractivity contribution in [2.75, 3.05) is 73.9 Å². The molecular weight excluding hydrogens is 1210 g/mol. The molecule has 0 bridgehead atoms. The zero-order chi connectivity index (χ0) is 69.4. The maximum atomic E-state index is 14.6. The third-order valence-electron chi connectivity index (χ3n) is 18.9. The fourth-order valence-corrected chi connectivity index (χ4v) is 14.1. The number of nitrogens with one attached hydrogen (secondary N) is 6. The zero-order valence-electron chi connectivity index (χ0n) is 58.3. The number of amides is 9. The van der Waals surface area contributed by atoms with Gasteiger partial charge in [0.05, 0.1) is 48.7 Å². The lowest BCUT2D eigenvalue weighted by molar-refractivity contribution is -0.148. The van der Waals surface area contributed by atoms with Crippen LogP contribution in [0.4, 0.5) is 10.5 Å². The van der Waals surface area contributed by atoms with E-state index >= 15 is 0 Å². The number of nitrogens with two attached hydrogens (primary N) is 1. The molecule has 2 fully saturated rings. The van der Waals surface area contributed by atoms with Gasteiger partial charge < -0.3 is 61.8 Å². The van der Waals surface area contributed by atoms with E-state index in [0.717, 1.165) is 19.4 Å². The number of carbonyl (C=O) groups is 10. The number of rotatable bonds is 39. The van der Waals surface area contributed by atoms with Gasteiger partial charge >= 0.3 is 6.03 Å². The molecule has 522 valence electrons. The van der Waals surface area contributed by atoms with Crippen LogP contribution in [0, 0.1) is 41.4 Å². The second-order valence-corrected chi connectivity index (χ2v) is 27.8. The van der Waals surface area contributed by atoms with Crippen LogP contribution >= 0.6 is 11.3 Å². The van der Waals surface area contributed by atoms with Crippen LogP contribution in [0.25, 0.3) is 0 Å². The monoisotopic (exact) mass is 1320 g/mol. The topological polar surface area (TPSA) is 313 Å². The largest absolute Gasteiger partial charge is 0.379 e. The van der Waals surface area contributed by atoms with Gasteiger partial charge in [-0.15, -0.1) is 11.3 Å². The van der Waals surface area contributed by atoms with Crippen molar-refractivity contribution in [2.24, 2.45) is 47.2 Å². The molecule has 13 atom stereocenters. The molecule has 3 heterocycles. The van der Waals surface area contributed by atoms with E-state index in [1.165, 1.54) is 25.6 Å². The predicted molar refractivity (Wildman–Crippen MR) is 360 cm³/mol. The summed E-state index contributed by atoms with van der Waals surface area (Å²) in [5.74, 6) is -5.43. The van der Waals surface area contributed by atoms with Gasteiger partial charge in [-0.25, -0.2) is 9.78 Å². The molecule has 8 N–H and O–H groups in total. The Bertz CT molecular complexity index is 2740. The molecule has 2 unspecified atom stereocenters. The number of hydrogen-bond donors (Lipinski definition) is 7. The van der Waals surface area contributed by atoms with Gasteiger partial charge in [-0.3, -0.25) is 48.1 Å². The minimum atomic E-state index is -0.938. The molecule has 0 saturated carbocycles. The molecule has 4 rings (SSSR count). The first-order valence-electron chi connectivity index (χ1n) is 33.5. The highest BCUT2D eigenvalue weighted by Gasteiger charge is 2.44. The van der Waals surface area contributed by atoms with E-state index in [-0.39, 0.29) is 122 Å². The molecule has 1 aromatic heterocycles. The van der Waals surface area contributed by atoms with E-state index < -0.39 is 78.0 Å². The van der Waals surface area contributed by atoms with E-state index in [0.29, 0.717) is 61.5 Å². The first-order valence-corrected chi connectivity index (χ1v) is 34.4. The van der Waals surface area contributed by atoms with Crippen LogP contribution in [0.3, 0.4) is 0 Å². The number of likely N-dealkylation sites (N-methyl/N-ethyl adjacent to an activating group) is 2. The molecule has 9 amide bonds. The Morgan fingerprint density at radius 2 is 1.46 bits per heavy atom. The number of hydrogen-bond acceptors (Lipinski definition) is 16. The molecule has 2 aromatic rings. The number of primary amides is 1. The van der Waals surface area contributed by atoms with E-state index in [1.54, 1.807) is 66.7 Å². The number of Topliss-reactive ketones (excluding diaryl/α,β-unsaturated/α-hetero) is 2. The smallest absolute Gasteiger partial charge is 0.312 e. The number of urea groups is 1. The molecule has 0 spiro atoms. The summed E-state index contributed by atoms with van der Waals surface area (Å²) in [5.41, 5.74) is 6.42. The van der Waals surface area contributed by atoms with E-state index in [4.69, 9.17) is 15.2 Å². The number of nitrogens with zero attached hydrogens (tertiary/aromatic N) is 5. The van der Waals surface area contributed by atoms with Gasteiger partial charge in [0.15, 0.2) is 5.78 Å². The van der Waals surface area contributed by atoms with Crippen molar-refractivity contribution in [3.8, 4) is 0 Å². The summed E-state index contributed by atoms with van der Waals surface area (Å²) in [7, 11) is 10.1. The lowest BCUT2D eigenvalue weighted by Crippen LogP contribution is -2.59. The molecule has 93 heavy (non-hydrogen) atoms. The second kappa shape index (κ2) is 38.8. The maximum Gasteiger partial charge on any atom is 0.312 e. The number of ketones is 2. The minimum Gasteiger partial charge on any atom is -0.379 e. The fourth-order valence-electron chi connectivity index (χ4n) is 13.4. The van der Waals surface area contributed by atoms with Crippen molar-refractivity contribution < 1.29 is 57.4 Å². The van der Waals surface area contributed by atoms with E-state index in [2.05, 4.69) is 48.7 Å². The van der Waals surface area contributed by atoms with Gasteiger partial charge in [-0.05, 0) is 120 Å². The average molecular weight is 1320 g/mol. The Kier molecular flexibility index (Phi) is 33.0. The van der Waals surface area contributed by atoms with Gasteiger partial charge in [0.25, 0.3) is 0 Å². The van der Waals surface area contributed by atoms with Crippen molar-refractivity contribution in [1.29, 1.82) is 0 Å². The number of aromatic nitrogens is 1. The van der Waals surface area contributed by atoms with E-state index in [1.807, 2.05) is 74.4 Å². The zero-order valence-corrected chi connectivity index (χ0v) is 59.2. The number of ether oxygens (including phenoxy) is 2. The standard InChI is InChI=1S/C68H112N12O12S/c1-17-43(8)60(78(14)67(89)58(41(4)5)76-65(88)59(42(6)7)77(12)13)54(91-15)38-56(84)80-32-19-22-51(80)61(92-16)45(10)52(81)37-50(66-71-30-34-93-66)64(87)73-39-46-24-26-49(27-25-46)74-63(86)47(21-18-29-72-68(69)90)36-53(82)57(40(2)3)75-55(83)23-20-31-79-33-28-48(35-44(79)9)62(85)70-11/h24-27,30,34,40-45,47-48,50-51,54,57-61H,17-23,28-29,31-33,35-39H2,1-16H3,(H,70,85)(H,73,87)(H,74,86)(H,75,83)(H,76,88)(H3,69,72,90)/t43-,44?,45-,47+,48?,50+,51-,54+,57-,58-,59-,60-,61+/m0/s1. The normalized spacial score (nSPS) is 19.3. The van der Waals surface area contributed by atoms with Crippen LogP contribution < -0.4 is 37.6 Å². The van der Waals surface area contributed by atoms with Gasteiger partial charge in [-0.2, -0.15) is 0 Å². The Morgan fingerprint density at radius 1 is 0.785 bits per heavy atom. The van der Waals surface area contributed by atoms with E-state index in [9.17, 15) is 47.9 Å². The van der Waals surface area contributed by atoms with Gasteiger partial charge in [0.1, 0.15) is 16.8 Å². The van der Waals surface area contributed by atoms with Crippen LogP contribution in [0.5, 0.6) is 0 Å². The molecule has 0 aliphatic carbocycles. The minimum absolute atomic E-state index is 0.00133. The number of likely N-dealkylation sites (tertiary alicyclic amines) is 2. The molecule has 24 nitrogen and oxygen atoms in total. The van der Waals surface area contributed by atoms with Crippen LogP contribution in [0.2, 0.25) is 0 Å².